The molecule has 2 rings (SSSR count). The zero-order valence-electron chi connectivity index (χ0n) is 10.8. The van der Waals surface area contributed by atoms with Crippen molar-refractivity contribution in [1.82, 2.24) is 4.90 Å². The molecule has 0 atom stereocenters. The zero-order valence-corrected chi connectivity index (χ0v) is 10.8. The molecule has 0 amide bonds. The van der Waals surface area contributed by atoms with Gasteiger partial charge in [-0.3, -0.25) is 4.90 Å². The minimum Gasteiger partial charge on any atom is -0.493 e. The first-order valence-electron chi connectivity index (χ1n) is 6.29. The van der Waals surface area contributed by atoms with Crippen LogP contribution >= 0.6 is 0 Å². The second-order valence-corrected chi connectivity index (χ2v) is 4.46. The highest BCUT2D eigenvalue weighted by atomic mass is 16.5. The van der Waals surface area contributed by atoms with Crippen LogP contribution in [0.4, 0.5) is 0 Å². The Morgan fingerprint density at radius 2 is 2.06 bits per heavy atom. The Hall–Kier alpha value is -1.66. The molecule has 18 heavy (non-hydrogen) atoms. The van der Waals surface area contributed by atoms with Crippen LogP contribution in [0.25, 0.3) is 0 Å². The molecule has 96 valence electrons. The average Bonchev–Trinajstić information content (AvgIpc) is 2.89. The van der Waals surface area contributed by atoms with Crippen molar-refractivity contribution in [2.75, 3.05) is 26.8 Å². The van der Waals surface area contributed by atoms with E-state index in [1.165, 1.54) is 31.5 Å². The van der Waals surface area contributed by atoms with Gasteiger partial charge in [-0.1, -0.05) is 12.0 Å². The highest BCUT2D eigenvalue weighted by molar-refractivity contribution is 5.43. The number of terminal acetylenes is 1. The Bertz CT molecular complexity index is 431. The van der Waals surface area contributed by atoms with E-state index in [0.29, 0.717) is 0 Å². The summed E-state index contributed by atoms with van der Waals surface area (Å²) in [4.78, 5) is 2.45. The lowest BCUT2D eigenvalue weighted by Gasteiger charge is -2.16. The van der Waals surface area contributed by atoms with E-state index in [4.69, 9.17) is 15.9 Å². The molecule has 1 saturated heterocycles. The normalized spacial score (nSPS) is 15.3. The van der Waals surface area contributed by atoms with E-state index in [2.05, 4.69) is 16.9 Å². The highest BCUT2D eigenvalue weighted by Gasteiger charge is 2.13. The largest absolute Gasteiger partial charge is 0.493 e. The molecule has 1 aromatic carbocycles. The molecular weight excluding hydrogens is 226 g/mol. The Morgan fingerprint density at radius 1 is 1.28 bits per heavy atom. The summed E-state index contributed by atoms with van der Waals surface area (Å²) in [6, 6.07) is 6.05. The second-order valence-electron chi connectivity index (χ2n) is 4.46. The summed E-state index contributed by atoms with van der Waals surface area (Å²) in [6.45, 7) is 3.61. The van der Waals surface area contributed by atoms with Gasteiger partial charge in [-0.25, -0.2) is 0 Å². The maximum Gasteiger partial charge on any atom is 0.162 e. The lowest BCUT2D eigenvalue weighted by molar-refractivity contribution is 0.320. The Balaban J connectivity index is 2.08. The molecule has 1 fully saturated rings. The zero-order chi connectivity index (χ0) is 12.8. The fourth-order valence-corrected chi connectivity index (χ4v) is 2.25. The van der Waals surface area contributed by atoms with Crippen LogP contribution in [0.1, 0.15) is 18.4 Å². The Morgan fingerprint density at radius 3 is 2.72 bits per heavy atom. The first-order valence-corrected chi connectivity index (χ1v) is 6.29. The summed E-state index contributed by atoms with van der Waals surface area (Å²) in [5, 5.41) is 0. The van der Waals surface area contributed by atoms with E-state index in [-0.39, 0.29) is 6.61 Å². The van der Waals surface area contributed by atoms with Gasteiger partial charge in [-0.05, 0) is 43.6 Å². The van der Waals surface area contributed by atoms with Crippen molar-refractivity contribution in [3.63, 3.8) is 0 Å². The SMILES string of the molecule is C#CCOc1cc(CN2CCCC2)ccc1OC. The van der Waals surface area contributed by atoms with Crippen LogP contribution in [0.3, 0.4) is 0 Å². The van der Waals surface area contributed by atoms with Gasteiger partial charge in [0.2, 0.25) is 0 Å². The number of benzene rings is 1. The summed E-state index contributed by atoms with van der Waals surface area (Å²) in [5.41, 5.74) is 1.24. The van der Waals surface area contributed by atoms with E-state index in [1.54, 1.807) is 7.11 Å². The fourth-order valence-electron chi connectivity index (χ4n) is 2.25. The van der Waals surface area contributed by atoms with Crippen LogP contribution in [0.15, 0.2) is 18.2 Å². The van der Waals surface area contributed by atoms with Crippen molar-refractivity contribution in [3.8, 4) is 23.8 Å². The minimum absolute atomic E-state index is 0.267. The molecule has 0 spiro atoms. The van der Waals surface area contributed by atoms with Gasteiger partial charge in [0.25, 0.3) is 0 Å². The van der Waals surface area contributed by atoms with E-state index >= 15 is 0 Å². The topological polar surface area (TPSA) is 21.7 Å². The van der Waals surface area contributed by atoms with E-state index < -0.39 is 0 Å². The van der Waals surface area contributed by atoms with Gasteiger partial charge in [0.1, 0.15) is 6.61 Å². The van der Waals surface area contributed by atoms with E-state index in [1.807, 2.05) is 12.1 Å². The number of rotatable bonds is 5. The molecule has 0 bridgehead atoms. The number of hydrogen-bond donors (Lipinski definition) is 0. The number of likely N-dealkylation sites (tertiary alicyclic amines) is 1. The number of hydrogen-bond acceptors (Lipinski definition) is 3. The molecule has 0 N–H and O–H groups in total. The van der Waals surface area contributed by atoms with Crippen molar-refractivity contribution in [1.29, 1.82) is 0 Å². The molecule has 1 aromatic rings. The molecule has 0 radical (unpaired) electrons. The third-order valence-corrected chi connectivity index (χ3v) is 3.14. The highest BCUT2D eigenvalue weighted by Crippen LogP contribution is 2.28. The van der Waals surface area contributed by atoms with Crippen molar-refractivity contribution in [2.24, 2.45) is 0 Å². The molecule has 0 saturated carbocycles. The predicted molar refractivity (Wildman–Crippen MR) is 71.8 cm³/mol. The molecule has 0 aromatic heterocycles. The van der Waals surface area contributed by atoms with Gasteiger partial charge in [-0.2, -0.15) is 0 Å². The van der Waals surface area contributed by atoms with Crippen LogP contribution < -0.4 is 9.47 Å². The summed E-state index contributed by atoms with van der Waals surface area (Å²) in [5.74, 6) is 3.93. The Kier molecular flexibility index (Phi) is 4.49. The monoisotopic (exact) mass is 245 g/mol. The molecule has 3 nitrogen and oxygen atoms in total. The minimum atomic E-state index is 0.267. The van der Waals surface area contributed by atoms with Crippen LogP contribution in [0, 0.1) is 12.3 Å². The van der Waals surface area contributed by atoms with Crippen molar-refractivity contribution in [3.05, 3.63) is 23.8 Å². The Labute approximate surface area is 109 Å². The summed E-state index contributed by atoms with van der Waals surface area (Å²) >= 11 is 0. The molecule has 0 aliphatic carbocycles. The number of ether oxygens (including phenoxy) is 2. The molecule has 0 unspecified atom stereocenters. The molecule has 1 aliphatic heterocycles. The molecular formula is C15H19NO2. The van der Waals surface area contributed by atoms with Crippen LogP contribution in [-0.2, 0) is 6.54 Å². The summed E-state index contributed by atoms with van der Waals surface area (Å²) in [7, 11) is 1.64. The smallest absolute Gasteiger partial charge is 0.162 e. The van der Waals surface area contributed by atoms with Gasteiger partial charge in [-0.15, -0.1) is 6.42 Å². The van der Waals surface area contributed by atoms with Crippen LogP contribution in [0.5, 0.6) is 11.5 Å². The van der Waals surface area contributed by atoms with Gasteiger partial charge >= 0.3 is 0 Å². The van der Waals surface area contributed by atoms with Gasteiger partial charge in [0.05, 0.1) is 7.11 Å². The summed E-state index contributed by atoms with van der Waals surface area (Å²) < 4.78 is 10.8. The quantitative estimate of drug-likeness (QED) is 0.743. The van der Waals surface area contributed by atoms with Crippen molar-refractivity contribution < 1.29 is 9.47 Å². The molecule has 3 heteroatoms. The molecule has 1 heterocycles. The van der Waals surface area contributed by atoms with Crippen molar-refractivity contribution >= 4 is 0 Å². The predicted octanol–water partition coefficient (Wildman–Crippen LogP) is 2.30. The third-order valence-electron chi connectivity index (χ3n) is 3.14. The van der Waals surface area contributed by atoms with Gasteiger partial charge < -0.3 is 9.47 Å². The maximum atomic E-state index is 5.50. The van der Waals surface area contributed by atoms with Gasteiger partial charge in [0, 0.05) is 6.54 Å². The number of nitrogens with zero attached hydrogens (tertiary/aromatic N) is 1. The van der Waals surface area contributed by atoms with Gasteiger partial charge in [0.15, 0.2) is 11.5 Å². The first kappa shape index (κ1) is 12.8. The first-order chi connectivity index (χ1) is 8.83. The van der Waals surface area contributed by atoms with Crippen LogP contribution in [0.2, 0.25) is 0 Å². The fraction of sp³-hybridized carbons (Fsp3) is 0.467. The lowest BCUT2D eigenvalue weighted by atomic mass is 10.2. The lowest BCUT2D eigenvalue weighted by Crippen LogP contribution is -2.18. The second kappa shape index (κ2) is 6.32. The van der Waals surface area contributed by atoms with E-state index in [9.17, 15) is 0 Å². The average molecular weight is 245 g/mol. The van der Waals surface area contributed by atoms with Crippen molar-refractivity contribution in [2.45, 2.75) is 19.4 Å². The standard InChI is InChI=1S/C15H19NO2/c1-3-10-18-15-11-13(6-7-14(15)17-2)12-16-8-4-5-9-16/h1,6-7,11H,4-5,8-10,12H2,2H3. The van der Waals surface area contributed by atoms with Crippen LogP contribution in [-0.4, -0.2) is 31.7 Å². The molecule has 1 aliphatic rings. The summed E-state index contributed by atoms with van der Waals surface area (Å²) in [6.07, 6.45) is 7.82. The van der Waals surface area contributed by atoms with E-state index in [0.717, 1.165) is 18.0 Å². The third kappa shape index (κ3) is 3.18. The maximum absolute atomic E-state index is 5.50. The number of methoxy groups -OCH3 is 1.